The molecule has 0 aliphatic carbocycles. The first-order valence-electron chi connectivity index (χ1n) is 9.55. The maximum Gasteiger partial charge on any atom is 0.258 e. The average molecular weight is 393 g/mol. The average Bonchev–Trinajstić information content (AvgIpc) is 3.24. The summed E-state index contributed by atoms with van der Waals surface area (Å²) in [7, 11) is 0. The van der Waals surface area contributed by atoms with Gasteiger partial charge in [-0.3, -0.25) is 4.79 Å². The van der Waals surface area contributed by atoms with Gasteiger partial charge < -0.3 is 15.4 Å². The van der Waals surface area contributed by atoms with Crippen molar-refractivity contribution in [1.29, 1.82) is 0 Å². The number of aromatic nitrogens is 5. The highest BCUT2D eigenvalue weighted by atomic mass is 16.5. The zero-order valence-corrected chi connectivity index (χ0v) is 16.4. The Kier molecular flexibility index (Phi) is 5.11. The summed E-state index contributed by atoms with van der Waals surface area (Å²) in [5.41, 5.74) is 7.64. The monoisotopic (exact) mass is 393 g/mol. The number of hydrogen-bond donors (Lipinski definition) is 1. The summed E-state index contributed by atoms with van der Waals surface area (Å²) >= 11 is 0. The highest BCUT2D eigenvalue weighted by molar-refractivity contribution is 5.97. The van der Waals surface area contributed by atoms with E-state index in [2.05, 4.69) is 20.2 Å². The molecule has 9 heteroatoms. The van der Waals surface area contributed by atoms with Gasteiger partial charge in [0, 0.05) is 29.7 Å². The molecule has 4 rings (SSSR count). The first kappa shape index (κ1) is 18.9. The molecule has 1 amide bonds. The van der Waals surface area contributed by atoms with Crippen LogP contribution in [0.5, 0.6) is 5.88 Å². The maximum absolute atomic E-state index is 13.4. The summed E-state index contributed by atoms with van der Waals surface area (Å²) in [6.07, 6.45) is 6.23. The van der Waals surface area contributed by atoms with Crippen LogP contribution in [0.1, 0.15) is 35.8 Å². The second kappa shape index (κ2) is 7.86. The molecule has 0 radical (unpaired) electrons. The van der Waals surface area contributed by atoms with Gasteiger partial charge in [0.15, 0.2) is 5.82 Å². The number of carbonyl (C=O) groups excluding carboxylic acids is 1. The Bertz CT molecular complexity index is 1010. The Hall–Kier alpha value is -3.49. The predicted molar refractivity (Wildman–Crippen MR) is 107 cm³/mol. The number of aryl methyl sites for hydroxylation is 1. The largest absolute Gasteiger partial charge is 0.472 e. The van der Waals surface area contributed by atoms with Gasteiger partial charge >= 0.3 is 0 Å². The van der Waals surface area contributed by atoms with Crippen LogP contribution in [0, 0.1) is 6.92 Å². The van der Waals surface area contributed by atoms with Crippen molar-refractivity contribution < 1.29 is 9.53 Å². The van der Waals surface area contributed by atoms with Gasteiger partial charge in [-0.1, -0.05) is 0 Å². The molecule has 0 spiro atoms. The first-order chi connectivity index (χ1) is 14.0. The van der Waals surface area contributed by atoms with Crippen molar-refractivity contribution in [3.05, 3.63) is 54.1 Å². The van der Waals surface area contributed by atoms with E-state index in [4.69, 9.17) is 10.5 Å². The van der Waals surface area contributed by atoms with E-state index in [1.165, 1.54) is 4.80 Å². The number of carbonyl (C=O) groups is 1. The first-order valence-corrected chi connectivity index (χ1v) is 9.55. The third kappa shape index (κ3) is 4.03. The van der Waals surface area contributed by atoms with Crippen LogP contribution in [0.25, 0.3) is 5.82 Å². The molecule has 3 aromatic rings. The SMILES string of the molecule is Cc1ccc(C(=O)N2C[C@H](Oc3cc(N)ccn3)CC[C@H]2C)c(-n2nccn2)n1. The van der Waals surface area contributed by atoms with Gasteiger partial charge in [-0.05, 0) is 44.9 Å². The van der Waals surface area contributed by atoms with Crippen LogP contribution in [-0.2, 0) is 0 Å². The summed E-state index contributed by atoms with van der Waals surface area (Å²) in [6, 6.07) is 7.08. The molecule has 1 aliphatic heterocycles. The number of pyridine rings is 2. The van der Waals surface area contributed by atoms with Gasteiger partial charge in [-0.25, -0.2) is 9.97 Å². The molecule has 3 aromatic heterocycles. The molecule has 29 heavy (non-hydrogen) atoms. The molecular weight excluding hydrogens is 370 g/mol. The number of ether oxygens (including phenoxy) is 1. The van der Waals surface area contributed by atoms with Crippen LogP contribution in [0.4, 0.5) is 5.69 Å². The molecule has 0 aromatic carbocycles. The van der Waals surface area contributed by atoms with E-state index in [9.17, 15) is 4.79 Å². The second-order valence-electron chi connectivity index (χ2n) is 7.19. The van der Waals surface area contributed by atoms with Crippen LogP contribution < -0.4 is 10.5 Å². The Labute approximate surface area is 168 Å². The fraction of sp³-hybridized carbons (Fsp3) is 0.350. The fourth-order valence-corrected chi connectivity index (χ4v) is 3.46. The van der Waals surface area contributed by atoms with Crippen LogP contribution in [0.2, 0.25) is 0 Å². The van der Waals surface area contributed by atoms with Crippen molar-refractivity contribution in [2.24, 2.45) is 0 Å². The van der Waals surface area contributed by atoms with Crippen molar-refractivity contribution in [3.8, 4) is 11.7 Å². The van der Waals surface area contributed by atoms with Crippen molar-refractivity contribution in [2.45, 2.75) is 38.8 Å². The molecule has 0 bridgehead atoms. The number of nitrogens with zero attached hydrogens (tertiary/aromatic N) is 6. The standard InChI is InChI=1S/C20H23N7O2/c1-13-3-6-17(19(25-13)27-23-9-10-24-27)20(28)26-12-16(5-4-14(26)2)29-18-11-15(21)7-8-22-18/h3,6-11,14,16H,4-5,12H2,1-2H3,(H2,21,22)/t14-,16-/m1/s1. The topological polar surface area (TPSA) is 112 Å². The summed E-state index contributed by atoms with van der Waals surface area (Å²) in [5.74, 6) is 0.772. The highest BCUT2D eigenvalue weighted by Crippen LogP contribution is 2.25. The third-order valence-corrected chi connectivity index (χ3v) is 5.00. The van der Waals surface area contributed by atoms with E-state index in [1.807, 2.05) is 24.8 Å². The van der Waals surface area contributed by atoms with Crippen LogP contribution in [0.3, 0.4) is 0 Å². The summed E-state index contributed by atoms with van der Waals surface area (Å²) in [5, 5.41) is 8.28. The lowest BCUT2D eigenvalue weighted by molar-refractivity contribution is 0.0372. The number of hydrogen-bond acceptors (Lipinski definition) is 7. The Morgan fingerprint density at radius 1 is 1.17 bits per heavy atom. The van der Waals surface area contributed by atoms with Crippen molar-refractivity contribution in [2.75, 3.05) is 12.3 Å². The second-order valence-corrected chi connectivity index (χ2v) is 7.19. The Balaban J connectivity index is 1.58. The molecule has 1 saturated heterocycles. The molecule has 9 nitrogen and oxygen atoms in total. The minimum Gasteiger partial charge on any atom is -0.472 e. The molecule has 150 valence electrons. The third-order valence-electron chi connectivity index (χ3n) is 5.00. The van der Waals surface area contributed by atoms with Gasteiger partial charge in [0.1, 0.15) is 6.10 Å². The smallest absolute Gasteiger partial charge is 0.258 e. The van der Waals surface area contributed by atoms with Gasteiger partial charge in [-0.2, -0.15) is 10.2 Å². The van der Waals surface area contributed by atoms with Gasteiger partial charge in [0.2, 0.25) is 5.88 Å². The van der Waals surface area contributed by atoms with Crippen molar-refractivity contribution in [3.63, 3.8) is 0 Å². The molecule has 2 atom stereocenters. The lowest BCUT2D eigenvalue weighted by Gasteiger charge is -2.38. The van der Waals surface area contributed by atoms with E-state index in [1.54, 1.807) is 36.8 Å². The Morgan fingerprint density at radius 2 is 1.97 bits per heavy atom. The number of rotatable bonds is 4. The van der Waals surface area contributed by atoms with E-state index < -0.39 is 0 Å². The fourth-order valence-electron chi connectivity index (χ4n) is 3.46. The van der Waals surface area contributed by atoms with Crippen LogP contribution in [-0.4, -0.2) is 54.5 Å². The predicted octanol–water partition coefficient (Wildman–Crippen LogP) is 2.02. The summed E-state index contributed by atoms with van der Waals surface area (Å²) in [4.78, 5) is 25.3. The van der Waals surface area contributed by atoms with Crippen molar-refractivity contribution >= 4 is 11.6 Å². The van der Waals surface area contributed by atoms with Gasteiger partial charge in [0.05, 0.1) is 24.5 Å². The minimum atomic E-state index is -0.158. The Morgan fingerprint density at radius 3 is 2.72 bits per heavy atom. The molecule has 2 N–H and O–H groups in total. The van der Waals surface area contributed by atoms with E-state index in [0.29, 0.717) is 29.5 Å². The summed E-state index contributed by atoms with van der Waals surface area (Å²) < 4.78 is 5.99. The maximum atomic E-state index is 13.4. The summed E-state index contributed by atoms with van der Waals surface area (Å²) in [6.45, 7) is 4.36. The number of amides is 1. The van der Waals surface area contributed by atoms with E-state index in [0.717, 1.165) is 18.5 Å². The highest BCUT2D eigenvalue weighted by Gasteiger charge is 2.32. The molecule has 0 unspecified atom stereocenters. The van der Waals surface area contributed by atoms with Crippen LogP contribution >= 0.6 is 0 Å². The number of anilines is 1. The van der Waals surface area contributed by atoms with Gasteiger partial charge in [0.25, 0.3) is 5.91 Å². The number of piperidine rings is 1. The van der Waals surface area contributed by atoms with E-state index >= 15 is 0 Å². The molecule has 4 heterocycles. The normalized spacial score (nSPS) is 19.2. The number of likely N-dealkylation sites (tertiary alicyclic amines) is 1. The zero-order chi connectivity index (χ0) is 20.4. The molecule has 1 fully saturated rings. The molecule has 0 saturated carbocycles. The molecule has 1 aliphatic rings. The quantitative estimate of drug-likeness (QED) is 0.721. The minimum absolute atomic E-state index is 0.0795. The molecular formula is C20H23N7O2. The number of nitrogen functional groups attached to an aromatic ring is 1. The lowest BCUT2D eigenvalue weighted by atomic mass is 10.00. The van der Waals surface area contributed by atoms with E-state index in [-0.39, 0.29) is 18.1 Å². The van der Waals surface area contributed by atoms with Gasteiger partial charge in [-0.15, -0.1) is 4.80 Å². The van der Waals surface area contributed by atoms with Crippen molar-refractivity contribution in [1.82, 2.24) is 29.9 Å². The number of nitrogens with two attached hydrogens (primary N) is 1. The zero-order valence-electron chi connectivity index (χ0n) is 16.4. The lowest BCUT2D eigenvalue weighted by Crippen LogP contribution is -2.49. The van der Waals surface area contributed by atoms with Crippen LogP contribution in [0.15, 0.2) is 42.9 Å².